The van der Waals surface area contributed by atoms with Crippen LogP contribution in [-0.2, 0) is 4.79 Å². The minimum Gasteiger partial charge on any atom is -0.493 e. The summed E-state index contributed by atoms with van der Waals surface area (Å²) in [6.45, 7) is 5.68. The Bertz CT molecular complexity index is 839. The lowest BCUT2D eigenvalue weighted by Crippen LogP contribution is -2.33. The van der Waals surface area contributed by atoms with E-state index in [-0.39, 0.29) is 5.91 Å². The largest absolute Gasteiger partial charge is 0.493 e. The fourth-order valence-electron chi connectivity index (χ4n) is 2.48. The third-order valence-electron chi connectivity index (χ3n) is 4.24. The first kappa shape index (κ1) is 21.1. The van der Waals surface area contributed by atoms with Gasteiger partial charge >= 0.3 is 0 Å². The van der Waals surface area contributed by atoms with Gasteiger partial charge in [-0.1, -0.05) is 6.07 Å². The normalized spacial score (nSPS) is 11.8. The molecule has 0 saturated carbocycles. The highest BCUT2D eigenvalue weighted by Crippen LogP contribution is 2.37. The van der Waals surface area contributed by atoms with Crippen molar-refractivity contribution in [2.75, 3.05) is 21.3 Å². The highest BCUT2D eigenvalue weighted by Gasteiger charge is 2.15. The maximum atomic E-state index is 12.2. The van der Waals surface area contributed by atoms with E-state index in [9.17, 15) is 4.79 Å². The van der Waals surface area contributed by atoms with Crippen LogP contribution in [0.3, 0.4) is 0 Å². The van der Waals surface area contributed by atoms with Gasteiger partial charge in [0.25, 0.3) is 5.91 Å². The molecular formula is C21H26N2O5. The second-order valence-electron chi connectivity index (χ2n) is 6.20. The van der Waals surface area contributed by atoms with E-state index >= 15 is 0 Å². The molecule has 2 aromatic rings. The van der Waals surface area contributed by atoms with Crippen LogP contribution in [0.1, 0.15) is 23.6 Å². The van der Waals surface area contributed by atoms with Crippen molar-refractivity contribution in [3.05, 3.63) is 47.0 Å². The van der Waals surface area contributed by atoms with Crippen molar-refractivity contribution in [3.63, 3.8) is 0 Å². The Kier molecular flexibility index (Phi) is 7.26. The molecule has 0 aliphatic carbocycles. The van der Waals surface area contributed by atoms with E-state index < -0.39 is 6.10 Å². The van der Waals surface area contributed by atoms with Crippen LogP contribution < -0.4 is 24.4 Å². The SMILES string of the molecule is COc1cc(/C=N/NC(=O)C(C)Oc2ccc(C)c(C)c2)cc(OC)c1OC. The zero-order valence-electron chi connectivity index (χ0n) is 17.0. The van der Waals surface area contributed by atoms with Crippen molar-refractivity contribution in [2.45, 2.75) is 26.9 Å². The molecule has 1 amide bonds. The highest BCUT2D eigenvalue weighted by atomic mass is 16.5. The summed E-state index contributed by atoms with van der Waals surface area (Å²) in [6, 6.07) is 9.15. The Labute approximate surface area is 165 Å². The lowest BCUT2D eigenvalue weighted by Gasteiger charge is -2.14. The summed E-state index contributed by atoms with van der Waals surface area (Å²) in [5.41, 5.74) is 5.42. The summed E-state index contributed by atoms with van der Waals surface area (Å²) in [4.78, 5) is 12.2. The molecule has 7 nitrogen and oxygen atoms in total. The van der Waals surface area contributed by atoms with E-state index in [0.29, 0.717) is 28.6 Å². The molecule has 2 aromatic carbocycles. The predicted octanol–water partition coefficient (Wildman–Crippen LogP) is 3.25. The van der Waals surface area contributed by atoms with E-state index in [1.807, 2.05) is 32.0 Å². The number of hydrogen-bond acceptors (Lipinski definition) is 6. The second kappa shape index (κ2) is 9.64. The number of hydrogen-bond donors (Lipinski definition) is 1. The van der Waals surface area contributed by atoms with Crippen molar-refractivity contribution >= 4 is 12.1 Å². The monoisotopic (exact) mass is 386 g/mol. The van der Waals surface area contributed by atoms with Crippen molar-refractivity contribution in [1.82, 2.24) is 5.43 Å². The van der Waals surface area contributed by atoms with Crippen molar-refractivity contribution in [2.24, 2.45) is 5.10 Å². The lowest BCUT2D eigenvalue weighted by atomic mass is 10.1. The lowest BCUT2D eigenvalue weighted by molar-refractivity contribution is -0.127. The maximum Gasteiger partial charge on any atom is 0.280 e. The third-order valence-corrected chi connectivity index (χ3v) is 4.24. The number of aryl methyl sites for hydroxylation is 2. The number of hydrazone groups is 1. The Balaban J connectivity index is 2.03. The first-order valence-corrected chi connectivity index (χ1v) is 8.76. The summed E-state index contributed by atoms with van der Waals surface area (Å²) >= 11 is 0. The molecule has 28 heavy (non-hydrogen) atoms. The number of carbonyl (C=O) groups is 1. The zero-order chi connectivity index (χ0) is 20.7. The summed E-state index contributed by atoms with van der Waals surface area (Å²) in [5.74, 6) is 1.77. The molecule has 0 fully saturated rings. The van der Waals surface area contributed by atoms with Crippen LogP contribution in [0.2, 0.25) is 0 Å². The minimum absolute atomic E-state index is 0.359. The van der Waals surface area contributed by atoms with Crippen molar-refractivity contribution in [3.8, 4) is 23.0 Å². The molecule has 150 valence electrons. The molecule has 0 spiro atoms. The molecular weight excluding hydrogens is 360 g/mol. The van der Waals surface area contributed by atoms with Gasteiger partial charge in [-0.15, -0.1) is 0 Å². The van der Waals surface area contributed by atoms with Crippen LogP contribution in [0.25, 0.3) is 0 Å². The molecule has 1 atom stereocenters. The van der Waals surface area contributed by atoms with Crippen LogP contribution in [-0.4, -0.2) is 39.6 Å². The van der Waals surface area contributed by atoms with E-state index in [1.54, 1.807) is 19.1 Å². The number of benzene rings is 2. The molecule has 0 aliphatic heterocycles. The van der Waals surface area contributed by atoms with Gasteiger partial charge in [-0.2, -0.15) is 5.10 Å². The van der Waals surface area contributed by atoms with E-state index in [1.165, 1.54) is 33.1 Å². The van der Waals surface area contributed by atoms with Crippen LogP contribution in [0, 0.1) is 13.8 Å². The minimum atomic E-state index is -0.695. The Morgan fingerprint density at radius 2 is 1.64 bits per heavy atom. The van der Waals surface area contributed by atoms with Crippen molar-refractivity contribution < 1.29 is 23.7 Å². The van der Waals surface area contributed by atoms with Gasteiger partial charge in [-0.05, 0) is 56.2 Å². The van der Waals surface area contributed by atoms with Crippen LogP contribution >= 0.6 is 0 Å². The molecule has 0 radical (unpaired) electrons. The number of carbonyl (C=O) groups excluding carboxylic acids is 1. The fourth-order valence-corrected chi connectivity index (χ4v) is 2.48. The van der Waals surface area contributed by atoms with Gasteiger partial charge in [0.15, 0.2) is 17.6 Å². The third kappa shape index (κ3) is 5.16. The van der Waals surface area contributed by atoms with Crippen LogP contribution in [0.15, 0.2) is 35.4 Å². The molecule has 0 bridgehead atoms. The molecule has 0 heterocycles. The number of methoxy groups -OCH3 is 3. The fraction of sp³-hybridized carbons (Fsp3) is 0.333. The second-order valence-corrected chi connectivity index (χ2v) is 6.20. The smallest absolute Gasteiger partial charge is 0.280 e. The van der Waals surface area contributed by atoms with E-state index in [2.05, 4.69) is 10.5 Å². The van der Waals surface area contributed by atoms with Gasteiger partial charge in [0, 0.05) is 5.56 Å². The highest BCUT2D eigenvalue weighted by molar-refractivity contribution is 5.85. The number of nitrogens with zero attached hydrogens (tertiary/aromatic N) is 1. The summed E-state index contributed by atoms with van der Waals surface area (Å²) in [5, 5.41) is 3.99. The van der Waals surface area contributed by atoms with Gasteiger partial charge < -0.3 is 18.9 Å². The van der Waals surface area contributed by atoms with Gasteiger partial charge in [0.05, 0.1) is 27.5 Å². The standard InChI is InChI=1S/C21H26N2O5/c1-13-7-8-17(9-14(13)2)28-15(3)21(24)23-22-12-16-10-18(25-4)20(27-6)19(11-16)26-5/h7-12,15H,1-6H3,(H,23,24)/b22-12+. The number of amides is 1. The Morgan fingerprint density at radius 3 is 2.18 bits per heavy atom. The summed E-state index contributed by atoms with van der Waals surface area (Å²) < 4.78 is 21.5. The molecule has 0 saturated heterocycles. The summed E-state index contributed by atoms with van der Waals surface area (Å²) in [7, 11) is 4.60. The van der Waals surface area contributed by atoms with Gasteiger partial charge in [-0.25, -0.2) is 5.43 Å². The molecule has 1 N–H and O–H groups in total. The number of rotatable bonds is 8. The first-order valence-electron chi connectivity index (χ1n) is 8.76. The quantitative estimate of drug-likeness (QED) is 0.557. The first-order chi connectivity index (χ1) is 13.4. The van der Waals surface area contributed by atoms with Crippen molar-refractivity contribution in [1.29, 1.82) is 0 Å². The number of ether oxygens (including phenoxy) is 4. The molecule has 7 heteroatoms. The summed E-state index contributed by atoms with van der Waals surface area (Å²) in [6.07, 6.45) is 0.796. The molecule has 1 unspecified atom stereocenters. The molecule has 2 rings (SSSR count). The number of nitrogens with one attached hydrogen (secondary N) is 1. The topological polar surface area (TPSA) is 78.4 Å². The van der Waals surface area contributed by atoms with Crippen LogP contribution in [0.5, 0.6) is 23.0 Å². The average Bonchev–Trinajstić information content (AvgIpc) is 2.69. The average molecular weight is 386 g/mol. The van der Waals surface area contributed by atoms with Gasteiger partial charge in [0.2, 0.25) is 5.75 Å². The maximum absolute atomic E-state index is 12.2. The molecule has 0 aromatic heterocycles. The van der Waals surface area contributed by atoms with Crippen LogP contribution in [0.4, 0.5) is 0 Å². The Morgan fingerprint density at radius 1 is 1.00 bits per heavy atom. The Hall–Kier alpha value is -3.22. The van der Waals surface area contributed by atoms with Gasteiger partial charge in [0.1, 0.15) is 5.75 Å². The van der Waals surface area contributed by atoms with Gasteiger partial charge in [-0.3, -0.25) is 4.79 Å². The van der Waals surface area contributed by atoms with E-state index in [0.717, 1.165) is 5.56 Å². The predicted molar refractivity (Wildman–Crippen MR) is 108 cm³/mol. The molecule has 0 aliphatic rings. The zero-order valence-corrected chi connectivity index (χ0v) is 17.0. The van der Waals surface area contributed by atoms with E-state index in [4.69, 9.17) is 18.9 Å².